The molecule has 0 fully saturated rings. The van der Waals surface area contributed by atoms with E-state index in [1.807, 2.05) is 31.4 Å². The minimum atomic E-state index is -0.601. The highest BCUT2D eigenvalue weighted by Gasteiger charge is 2.23. The van der Waals surface area contributed by atoms with Crippen molar-refractivity contribution in [3.63, 3.8) is 0 Å². The van der Waals surface area contributed by atoms with Crippen LogP contribution in [0.2, 0.25) is 0 Å². The molecule has 3 nitrogen and oxygen atoms in total. The van der Waals surface area contributed by atoms with E-state index < -0.39 is 11.7 Å². The van der Waals surface area contributed by atoms with Crippen LogP contribution in [0.5, 0.6) is 0 Å². The number of hydrogen-bond acceptors (Lipinski definition) is 3. The molecular formula is C15H17FN2OS. The molecule has 106 valence electrons. The number of rotatable bonds is 4. The lowest BCUT2D eigenvalue weighted by Gasteiger charge is -2.23. The SMILES string of the molecule is CC(C)(CNC(=O)c1ccc(N)cc1F)c1cccs1. The van der Waals surface area contributed by atoms with Gasteiger partial charge in [-0.3, -0.25) is 4.79 Å². The smallest absolute Gasteiger partial charge is 0.254 e. The molecule has 0 unspecified atom stereocenters. The highest BCUT2D eigenvalue weighted by Crippen LogP contribution is 2.26. The summed E-state index contributed by atoms with van der Waals surface area (Å²) in [7, 11) is 0. The van der Waals surface area contributed by atoms with Crippen molar-refractivity contribution in [1.29, 1.82) is 0 Å². The van der Waals surface area contributed by atoms with Gasteiger partial charge in [-0.2, -0.15) is 0 Å². The number of anilines is 1. The van der Waals surface area contributed by atoms with Gasteiger partial charge in [-0.1, -0.05) is 19.9 Å². The van der Waals surface area contributed by atoms with Gasteiger partial charge in [0.05, 0.1) is 5.56 Å². The number of thiophene rings is 1. The number of nitrogens with two attached hydrogens (primary N) is 1. The lowest BCUT2D eigenvalue weighted by molar-refractivity contribution is 0.0942. The summed E-state index contributed by atoms with van der Waals surface area (Å²) >= 11 is 1.64. The highest BCUT2D eigenvalue weighted by molar-refractivity contribution is 7.10. The first-order valence-electron chi connectivity index (χ1n) is 6.27. The monoisotopic (exact) mass is 292 g/mol. The van der Waals surface area contributed by atoms with E-state index in [0.29, 0.717) is 12.2 Å². The molecule has 2 aromatic rings. The van der Waals surface area contributed by atoms with Gasteiger partial charge in [-0.15, -0.1) is 11.3 Å². The quantitative estimate of drug-likeness (QED) is 0.850. The second-order valence-corrected chi connectivity index (χ2v) is 6.23. The first-order valence-corrected chi connectivity index (χ1v) is 7.15. The minimum absolute atomic E-state index is 0.0150. The summed E-state index contributed by atoms with van der Waals surface area (Å²) in [5, 5.41) is 4.77. The van der Waals surface area contributed by atoms with E-state index in [1.165, 1.54) is 17.0 Å². The lowest BCUT2D eigenvalue weighted by Crippen LogP contribution is -2.36. The molecule has 0 aliphatic heterocycles. The molecule has 0 spiro atoms. The van der Waals surface area contributed by atoms with Crippen molar-refractivity contribution in [2.45, 2.75) is 19.3 Å². The molecule has 1 aromatic carbocycles. The van der Waals surface area contributed by atoms with Crippen LogP contribution in [0.15, 0.2) is 35.7 Å². The third-order valence-corrected chi connectivity index (χ3v) is 4.35. The van der Waals surface area contributed by atoms with Gasteiger partial charge >= 0.3 is 0 Å². The average molecular weight is 292 g/mol. The summed E-state index contributed by atoms with van der Waals surface area (Å²) in [6, 6.07) is 8.07. The summed E-state index contributed by atoms with van der Waals surface area (Å²) in [5.41, 5.74) is 5.60. The zero-order chi connectivity index (χ0) is 14.8. The molecule has 0 bridgehead atoms. The Morgan fingerprint density at radius 2 is 2.15 bits per heavy atom. The van der Waals surface area contributed by atoms with Gasteiger partial charge in [-0.05, 0) is 29.6 Å². The number of hydrogen-bond donors (Lipinski definition) is 2. The Bertz CT molecular complexity index is 608. The van der Waals surface area contributed by atoms with Crippen LogP contribution in [0.3, 0.4) is 0 Å². The summed E-state index contributed by atoms with van der Waals surface area (Å²) in [6.07, 6.45) is 0. The van der Waals surface area contributed by atoms with Crippen LogP contribution in [-0.2, 0) is 5.41 Å². The zero-order valence-corrected chi connectivity index (χ0v) is 12.3. The predicted octanol–water partition coefficient (Wildman–Crippen LogP) is 3.18. The molecule has 1 aromatic heterocycles. The second-order valence-electron chi connectivity index (χ2n) is 5.28. The largest absolute Gasteiger partial charge is 0.399 e. The van der Waals surface area contributed by atoms with Crippen LogP contribution in [0.4, 0.5) is 10.1 Å². The minimum Gasteiger partial charge on any atom is -0.399 e. The summed E-state index contributed by atoms with van der Waals surface area (Å²) in [4.78, 5) is 13.2. The third kappa shape index (κ3) is 3.17. The van der Waals surface area contributed by atoms with Crippen LogP contribution in [0, 0.1) is 5.82 Å². The molecule has 2 rings (SSSR count). The van der Waals surface area contributed by atoms with Crippen molar-refractivity contribution in [2.24, 2.45) is 0 Å². The molecule has 0 saturated carbocycles. The topological polar surface area (TPSA) is 55.1 Å². The Kier molecular flexibility index (Phi) is 4.09. The number of carbonyl (C=O) groups excluding carboxylic acids is 1. The van der Waals surface area contributed by atoms with Gasteiger partial charge in [0.1, 0.15) is 5.82 Å². The first kappa shape index (κ1) is 14.5. The standard InChI is InChI=1S/C15H17FN2OS/c1-15(2,13-4-3-7-20-13)9-18-14(19)11-6-5-10(17)8-12(11)16/h3-8H,9,17H2,1-2H3,(H,18,19). The summed E-state index contributed by atoms with van der Waals surface area (Å²) in [5.74, 6) is -1.02. The molecule has 0 saturated heterocycles. The molecule has 0 aliphatic carbocycles. The number of benzene rings is 1. The van der Waals surface area contributed by atoms with Crippen molar-refractivity contribution in [3.05, 3.63) is 52.0 Å². The Morgan fingerprint density at radius 3 is 2.75 bits per heavy atom. The van der Waals surface area contributed by atoms with Gasteiger partial charge in [0.25, 0.3) is 5.91 Å². The van der Waals surface area contributed by atoms with E-state index in [4.69, 9.17) is 5.73 Å². The fourth-order valence-electron chi connectivity index (χ4n) is 1.86. The maximum Gasteiger partial charge on any atom is 0.254 e. The van der Waals surface area contributed by atoms with E-state index in [0.717, 1.165) is 6.07 Å². The van der Waals surface area contributed by atoms with E-state index in [-0.39, 0.29) is 11.0 Å². The molecule has 0 aliphatic rings. The van der Waals surface area contributed by atoms with Crippen LogP contribution in [0.1, 0.15) is 29.1 Å². The van der Waals surface area contributed by atoms with Crippen LogP contribution < -0.4 is 11.1 Å². The molecule has 1 amide bonds. The highest BCUT2D eigenvalue weighted by atomic mass is 32.1. The maximum atomic E-state index is 13.7. The zero-order valence-electron chi connectivity index (χ0n) is 11.4. The Balaban J connectivity index is 2.05. The van der Waals surface area contributed by atoms with Crippen LogP contribution >= 0.6 is 11.3 Å². The normalized spacial score (nSPS) is 11.3. The van der Waals surface area contributed by atoms with Gasteiger partial charge in [-0.25, -0.2) is 4.39 Å². The summed E-state index contributed by atoms with van der Waals surface area (Å²) < 4.78 is 13.7. The molecule has 1 heterocycles. The molecule has 20 heavy (non-hydrogen) atoms. The number of halogens is 1. The van der Waals surface area contributed by atoms with E-state index in [1.54, 1.807) is 11.3 Å². The lowest BCUT2D eigenvalue weighted by atomic mass is 9.91. The van der Waals surface area contributed by atoms with Gasteiger partial charge in [0.2, 0.25) is 0 Å². The molecular weight excluding hydrogens is 275 g/mol. The van der Waals surface area contributed by atoms with E-state index in [9.17, 15) is 9.18 Å². The average Bonchev–Trinajstić information content (AvgIpc) is 2.90. The van der Waals surface area contributed by atoms with Gasteiger partial charge < -0.3 is 11.1 Å². The second kappa shape index (κ2) is 5.63. The Labute approximate surface area is 121 Å². The molecule has 0 radical (unpaired) electrons. The molecule has 3 N–H and O–H groups in total. The maximum absolute atomic E-state index is 13.7. The molecule has 5 heteroatoms. The van der Waals surface area contributed by atoms with Crippen LogP contribution in [0.25, 0.3) is 0 Å². The van der Waals surface area contributed by atoms with Crippen LogP contribution in [-0.4, -0.2) is 12.5 Å². The van der Waals surface area contributed by atoms with Crippen molar-refractivity contribution >= 4 is 22.9 Å². The third-order valence-electron chi connectivity index (χ3n) is 3.12. The fraction of sp³-hybridized carbons (Fsp3) is 0.267. The first-order chi connectivity index (χ1) is 9.40. The van der Waals surface area contributed by atoms with E-state index >= 15 is 0 Å². The summed E-state index contributed by atoms with van der Waals surface area (Å²) in [6.45, 7) is 4.52. The Morgan fingerprint density at radius 1 is 1.40 bits per heavy atom. The van der Waals surface area contributed by atoms with Gasteiger partial charge in [0, 0.05) is 22.5 Å². The van der Waals surface area contributed by atoms with Crippen molar-refractivity contribution in [1.82, 2.24) is 5.32 Å². The Hall–Kier alpha value is -1.88. The number of nitrogens with one attached hydrogen (secondary N) is 1. The number of carbonyl (C=O) groups is 1. The predicted molar refractivity (Wildman–Crippen MR) is 80.5 cm³/mol. The van der Waals surface area contributed by atoms with Crippen molar-refractivity contribution in [3.8, 4) is 0 Å². The fourth-order valence-corrected chi connectivity index (χ4v) is 2.71. The van der Waals surface area contributed by atoms with Crippen molar-refractivity contribution in [2.75, 3.05) is 12.3 Å². The number of nitrogen functional groups attached to an aromatic ring is 1. The molecule has 0 atom stereocenters. The van der Waals surface area contributed by atoms with Gasteiger partial charge in [0.15, 0.2) is 0 Å². The van der Waals surface area contributed by atoms with Crippen molar-refractivity contribution < 1.29 is 9.18 Å². The number of amides is 1. The van der Waals surface area contributed by atoms with E-state index in [2.05, 4.69) is 5.32 Å².